The molecule has 0 radical (unpaired) electrons. The quantitative estimate of drug-likeness (QED) is 0.318. The topological polar surface area (TPSA) is 69.6 Å². The Bertz CT molecular complexity index is 277. The van der Waals surface area contributed by atoms with Crippen molar-refractivity contribution in [3.8, 4) is 5.75 Å². The van der Waals surface area contributed by atoms with Gasteiger partial charge in [-0.1, -0.05) is 12.1 Å². The number of hydrogen-bond donors (Lipinski definition) is 3. The summed E-state index contributed by atoms with van der Waals surface area (Å²) in [5.41, 5.74) is 1.47. The fourth-order valence-electron chi connectivity index (χ4n) is 0.726. The van der Waals surface area contributed by atoms with Crippen LogP contribution >= 0.6 is 0 Å². The van der Waals surface area contributed by atoms with Crippen molar-refractivity contribution in [2.24, 2.45) is 0 Å². The SMILES string of the molecule is O=C(NO)c1ccccc1O.[NaH]. The third-order valence-corrected chi connectivity index (χ3v) is 1.25. The van der Waals surface area contributed by atoms with Crippen LogP contribution in [0.5, 0.6) is 5.75 Å². The number of para-hydroxylation sites is 1. The molecule has 0 heterocycles. The van der Waals surface area contributed by atoms with Gasteiger partial charge in [0.2, 0.25) is 0 Å². The molecule has 0 saturated carbocycles. The number of carbonyl (C=O) groups is 1. The number of aromatic hydroxyl groups is 1. The van der Waals surface area contributed by atoms with Gasteiger partial charge < -0.3 is 5.11 Å². The predicted octanol–water partition coefficient (Wildman–Crippen LogP) is -0.137. The van der Waals surface area contributed by atoms with Crippen LogP contribution in [0.1, 0.15) is 10.4 Å². The Labute approximate surface area is 91.5 Å². The first-order valence-corrected chi connectivity index (χ1v) is 2.98. The first-order chi connectivity index (χ1) is 5.25. The van der Waals surface area contributed by atoms with Gasteiger partial charge in [-0.3, -0.25) is 10.0 Å². The van der Waals surface area contributed by atoms with Gasteiger partial charge in [-0.2, -0.15) is 0 Å². The van der Waals surface area contributed by atoms with E-state index in [1.165, 1.54) is 17.6 Å². The second-order valence-corrected chi connectivity index (χ2v) is 1.96. The average molecular weight is 177 g/mol. The molecule has 0 spiro atoms. The van der Waals surface area contributed by atoms with E-state index in [0.29, 0.717) is 0 Å². The number of phenolic OH excluding ortho intramolecular Hbond substituents is 1. The fraction of sp³-hybridized carbons (Fsp3) is 0. The third kappa shape index (κ3) is 2.49. The number of nitrogens with one attached hydrogen (secondary N) is 1. The normalized spacial score (nSPS) is 8.42. The molecule has 0 saturated heterocycles. The molecule has 0 aliphatic heterocycles. The molecule has 0 bridgehead atoms. The van der Waals surface area contributed by atoms with Crippen LogP contribution in [0.25, 0.3) is 0 Å². The van der Waals surface area contributed by atoms with Gasteiger partial charge in [0.1, 0.15) is 5.75 Å². The van der Waals surface area contributed by atoms with Crippen LogP contribution in [0.2, 0.25) is 0 Å². The fourth-order valence-corrected chi connectivity index (χ4v) is 0.726. The summed E-state index contributed by atoms with van der Waals surface area (Å²) >= 11 is 0. The first kappa shape index (κ1) is 11.4. The zero-order valence-electron chi connectivity index (χ0n) is 5.61. The second-order valence-electron chi connectivity index (χ2n) is 1.96. The van der Waals surface area contributed by atoms with Gasteiger partial charge in [-0.15, -0.1) is 0 Å². The van der Waals surface area contributed by atoms with Gasteiger partial charge in [0.05, 0.1) is 5.56 Å². The zero-order chi connectivity index (χ0) is 8.27. The summed E-state index contributed by atoms with van der Waals surface area (Å²) in [4.78, 5) is 10.7. The summed E-state index contributed by atoms with van der Waals surface area (Å²) in [5, 5.41) is 17.2. The molecule has 1 rings (SSSR count). The summed E-state index contributed by atoms with van der Waals surface area (Å²) in [7, 11) is 0. The van der Waals surface area contributed by atoms with E-state index in [1.54, 1.807) is 12.1 Å². The average Bonchev–Trinajstić information content (AvgIpc) is 2.04. The van der Waals surface area contributed by atoms with E-state index in [9.17, 15) is 4.79 Å². The summed E-state index contributed by atoms with van der Waals surface area (Å²) < 4.78 is 0. The molecule has 1 aromatic carbocycles. The van der Waals surface area contributed by atoms with Crippen molar-refractivity contribution in [1.29, 1.82) is 0 Å². The van der Waals surface area contributed by atoms with Gasteiger partial charge in [-0.05, 0) is 12.1 Å². The molecule has 5 heteroatoms. The van der Waals surface area contributed by atoms with Gasteiger partial charge in [0, 0.05) is 0 Å². The van der Waals surface area contributed by atoms with Crippen molar-refractivity contribution in [2.75, 3.05) is 0 Å². The molecule has 0 aliphatic carbocycles. The Kier molecular flexibility index (Phi) is 4.92. The monoisotopic (exact) mass is 177 g/mol. The Morgan fingerprint density at radius 2 is 1.92 bits per heavy atom. The van der Waals surface area contributed by atoms with Gasteiger partial charge in [-0.25, -0.2) is 5.48 Å². The van der Waals surface area contributed by atoms with E-state index in [1.807, 2.05) is 0 Å². The van der Waals surface area contributed by atoms with Crippen LogP contribution in [-0.4, -0.2) is 45.8 Å². The Morgan fingerprint density at radius 3 is 2.42 bits per heavy atom. The molecular weight excluding hydrogens is 169 g/mol. The molecule has 0 atom stereocenters. The maximum absolute atomic E-state index is 10.7. The molecule has 0 aliphatic rings. The first-order valence-electron chi connectivity index (χ1n) is 2.98. The minimum atomic E-state index is -0.719. The number of rotatable bonds is 1. The van der Waals surface area contributed by atoms with Crippen molar-refractivity contribution in [2.45, 2.75) is 0 Å². The molecule has 12 heavy (non-hydrogen) atoms. The molecule has 1 aromatic rings. The summed E-state index contributed by atoms with van der Waals surface area (Å²) in [6, 6.07) is 5.94. The van der Waals surface area contributed by atoms with Crippen LogP contribution in [0.4, 0.5) is 0 Å². The molecule has 0 aromatic heterocycles. The van der Waals surface area contributed by atoms with Crippen molar-refractivity contribution in [3.63, 3.8) is 0 Å². The van der Waals surface area contributed by atoms with E-state index >= 15 is 0 Å². The van der Waals surface area contributed by atoms with E-state index in [-0.39, 0.29) is 40.9 Å². The summed E-state index contributed by atoms with van der Waals surface area (Å²) in [6.45, 7) is 0. The molecule has 4 nitrogen and oxygen atoms in total. The molecular formula is C7H8NNaO3. The molecule has 3 N–H and O–H groups in total. The van der Waals surface area contributed by atoms with E-state index in [2.05, 4.69) is 0 Å². The van der Waals surface area contributed by atoms with Crippen LogP contribution in [0.3, 0.4) is 0 Å². The Hall–Kier alpha value is -0.550. The predicted molar refractivity (Wildman–Crippen MR) is 44.5 cm³/mol. The van der Waals surface area contributed by atoms with Crippen LogP contribution in [0.15, 0.2) is 24.3 Å². The van der Waals surface area contributed by atoms with E-state index < -0.39 is 5.91 Å². The van der Waals surface area contributed by atoms with Crippen LogP contribution < -0.4 is 5.48 Å². The van der Waals surface area contributed by atoms with Crippen LogP contribution in [0, 0.1) is 0 Å². The standard InChI is InChI=1S/C7H7NO3.Na.H/c9-6-4-2-1-3-5(6)7(10)8-11;;/h1-4,9,11H,(H,8,10);;. The van der Waals surface area contributed by atoms with Gasteiger partial charge in [0.15, 0.2) is 0 Å². The summed E-state index contributed by atoms with van der Waals surface area (Å²) in [6.07, 6.45) is 0. The minimum absolute atomic E-state index is 0. The number of hydrogen-bond acceptors (Lipinski definition) is 3. The second kappa shape index (κ2) is 5.16. The molecule has 60 valence electrons. The van der Waals surface area contributed by atoms with Gasteiger partial charge >= 0.3 is 29.6 Å². The summed E-state index contributed by atoms with van der Waals surface area (Å²) in [5.74, 6) is -0.873. The van der Waals surface area contributed by atoms with Crippen molar-refractivity contribution in [3.05, 3.63) is 29.8 Å². The van der Waals surface area contributed by atoms with Gasteiger partial charge in [0.25, 0.3) is 5.91 Å². The van der Waals surface area contributed by atoms with E-state index in [0.717, 1.165) is 0 Å². The third-order valence-electron chi connectivity index (χ3n) is 1.25. The Morgan fingerprint density at radius 1 is 1.33 bits per heavy atom. The zero-order valence-corrected chi connectivity index (χ0v) is 5.61. The number of benzene rings is 1. The molecule has 0 fully saturated rings. The molecule has 1 amide bonds. The number of carbonyl (C=O) groups excluding carboxylic acids is 1. The maximum atomic E-state index is 10.7. The number of hydroxylamine groups is 1. The number of phenols is 1. The van der Waals surface area contributed by atoms with Crippen molar-refractivity contribution >= 4 is 35.5 Å². The molecule has 0 unspecified atom stereocenters. The van der Waals surface area contributed by atoms with Crippen molar-refractivity contribution < 1.29 is 15.1 Å². The van der Waals surface area contributed by atoms with E-state index in [4.69, 9.17) is 10.3 Å². The Balaban J connectivity index is 0.00000121. The van der Waals surface area contributed by atoms with Crippen molar-refractivity contribution in [1.82, 2.24) is 5.48 Å². The number of amides is 1. The van der Waals surface area contributed by atoms with Crippen LogP contribution in [-0.2, 0) is 0 Å².